The van der Waals surface area contributed by atoms with Crippen LogP contribution in [0.15, 0.2) is 52.7 Å². The molecule has 12 heteroatoms. The van der Waals surface area contributed by atoms with Gasteiger partial charge in [0.15, 0.2) is 5.76 Å². The van der Waals surface area contributed by atoms with Crippen molar-refractivity contribution in [1.29, 1.82) is 5.41 Å². The van der Waals surface area contributed by atoms with Gasteiger partial charge in [0.1, 0.15) is 22.8 Å². The first-order valence-corrected chi connectivity index (χ1v) is 9.85. The van der Waals surface area contributed by atoms with E-state index in [1.54, 1.807) is 0 Å². The average molecular weight is 501 g/mol. The Bertz CT molecular complexity index is 1240. The van der Waals surface area contributed by atoms with Crippen LogP contribution in [-0.4, -0.2) is 30.5 Å². The number of nitrogens with zero attached hydrogens (tertiary/aromatic N) is 1. The minimum absolute atomic E-state index is 0.0347. The first-order chi connectivity index (χ1) is 15.6. The number of carbonyl (C=O) groups excluding carboxylic acids is 1. The lowest BCUT2D eigenvalue weighted by atomic mass is 10.00. The highest BCUT2D eigenvalue weighted by Gasteiger charge is 2.40. The number of nitrogens with one attached hydrogen (secondary N) is 3. The summed E-state index contributed by atoms with van der Waals surface area (Å²) in [6, 6.07) is 9.11. The van der Waals surface area contributed by atoms with Crippen LogP contribution in [0.2, 0.25) is 10.0 Å². The molecule has 1 amide bonds. The number of amides is 1. The predicted molar refractivity (Wildman–Crippen MR) is 117 cm³/mol. The van der Waals surface area contributed by atoms with Crippen LogP contribution in [0.3, 0.4) is 0 Å². The molecular weight excluding hydrogens is 487 g/mol. The summed E-state index contributed by atoms with van der Waals surface area (Å²) < 4.78 is 61.6. The van der Waals surface area contributed by atoms with E-state index in [1.165, 1.54) is 43.4 Å². The molecule has 0 aliphatic carbocycles. The van der Waals surface area contributed by atoms with Crippen LogP contribution in [0.1, 0.15) is 16.1 Å². The molecular formula is C21H14Cl2F4N4O2. The van der Waals surface area contributed by atoms with Gasteiger partial charge in [-0.2, -0.15) is 13.2 Å². The number of hydrogen-bond donors (Lipinski definition) is 3. The number of alkyl halides is 3. The predicted octanol–water partition coefficient (Wildman–Crippen LogP) is 6.18. The van der Waals surface area contributed by atoms with E-state index in [9.17, 15) is 22.4 Å². The van der Waals surface area contributed by atoms with Crippen molar-refractivity contribution in [3.63, 3.8) is 0 Å². The number of aromatic nitrogens is 1. The molecule has 2 aromatic carbocycles. The molecule has 1 heterocycles. The Kier molecular flexibility index (Phi) is 7.09. The SMILES string of the molecule is CNC(=O)c1c(-c2c(F)cccc2Cl)noc1/C(C=N)=C(/Nc1cccc(Cl)c1)C(F)(F)F. The van der Waals surface area contributed by atoms with Gasteiger partial charge in [-0.05, 0) is 30.3 Å². The van der Waals surface area contributed by atoms with Crippen LogP contribution >= 0.6 is 23.2 Å². The Morgan fingerprint density at radius 1 is 1.18 bits per heavy atom. The van der Waals surface area contributed by atoms with Gasteiger partial charge in [-0.15, -0.1) is 0 Å². The van der Waals surface area contributed by atoms with Crippen molar-refractivity contribution in [2.75, 3.05) is 12.4 Å². The van der Waals surface area contributed by atoms with E-state index in [-0.39, 0.29) is 21.3 Å². The Morgan fingerprint density at radius 2 is 1.88 bits per heavy atom. The molecule has 0 atom stereocenters. The van der Waals surface area contributed by atoms with Crippen LogP contribution in [-0.2, 0) is 0 Å². The van der Waals surface area contributed by atoms with Crippen molar-refractivity contribution < 1.29 is 26.9 Å². The number of benzene rings is 2. The number of allylic oxidation sites excluding steroid dienone is 2. The highest BCUT2D eigenvalue weighted by Crippen LogP contribution is 2.39. The highest BCUT2D eigenvalue weighted by atomic mass is 35.5. The van der Waals surface area contributed by atoms with Gasteiger partial charge in [0.2, 0.25) is 0 Å². The molecule has 172 valence electrons. The highest BCUT2D eigenvalue weighted by molar-refractivity contribution is 6.33. The standard InChI is InChI=1S/C21H14Cl2F4N4O2/c1-29-20(32)16-17(15-13(23)6-3-7-14(15)24)31-33-18(16)12(9-28)19(21(25,26)27)30-11-5-2-4-10(22)8-11/h2-9,28,30H,1H3,(H,29,32)/b19-12+,28-9?. The molecule has 0 radical (unpaired) electrons. The molecule has 0 spiro atoms. The molecule has 0 unspecified atom stereocenters. The molecule has 3 rings (SSSR count). The fraction of sp³-hybridized carbons (Fsp3) is 0.0952. The second-order valence-electron chi connectivity index (χ2n) is 6.48. The fourth-order valence-corrected chi connectivity index (χ4v) is 3.40. The normalized spacial score (nSPS) is 12.2. The smallest absolute Gasteiger partial charge is 0.355 e. The van der Waals surface area contributed by atoms with Crippen LogP contribution in [0.25, 0.3) is 16.8 Å². The van der Waals surface area contributed by atoms with E-state index in [0.717, 1.165) is 6.07 Å². The van der Waals surface area contributed by atoms with Gasteiger partial charge in [-0.3, -0.25) is 4.79 Å². The third-order valence-corrected chi connectivity index (χ3v) is 4.93. The second kappa shape index (κ2) is 9.63. The maximum absolute atomic E-state index is 14.5. The number of carbonyl (C=O) groups is 1. The Labute approximate surface area is 194 Å². The quantitative estimate of drug-likeness (QED) is 0.278. The minimum Gasteiger partial charge on any atom is -0.355 e. The van der Waals surface area contributed by atoms with Crippen LogP contribution in [0.5, 0.6) is 0 Å². The van der Waals surface area contributed by atoms with Crippen molar-refractivity contribution in [3.05, 3.63) is 75.3 Å². The molecule has 0 saturated heterocycles. The lowest BCUT2D eigenvalue weighted by molar-refractivity contribution is -0.0896. The zero-order chi connectivity index (χ0) is 24.3. The van der Waals surface area contributed by atoms with E-state index in [1.807, 2.05) is 0 Å². The Balaban J connectivity index is 2.31. The van der Waals surface area contributed by atoms with E-state index in [0.29, 0.717) is 6.21 Å². The molecule has 0 fully saturated rings. The zero-order valence-electron chi connectivity index (χ0n) is 16.7. The average Bonchev–Trinajstić information content (AvgIpc) is 3.16. The van der Waals surface area contributed by atoms with E-state index >= 15 is 0 Å². The van der Waals surface area contributed by atoms with Crippen LogP contribution < -0.4 is 10.6 Å². The lowest BCUT2D eigenvalue weighted by Gasteiger charge is -2.17. The molecule has 1 aromatic heterocycles. The van der Waals surface area contributed by atoms with Crippen LogP contribution in [0, 0.1) is 11.2 Å². The van der Waals surface area contributed by atoms with E-state index in [2.05, 4.69) is 15.8 Å². The lowest BCUT2D eigenvalue weighted by Crippen LogP contribution is -2.23. The summed E-state index contributed by atoms with van der Waals surface area (Å²) in [5.74, 6) is -2.51. The third kappa shape index (κ3) is 5.01. The van der Waals surface area contributed by atoms with Gasteiger partial charge in [-0.25, -0.2) is 4.39 Å². The summed E-state index contributed by atoms with van der Waals surface area (Å²) in [6.45, 7) is 0. The van der Waals surface area contributed by atoms with Gasteiger partial charge in [0, 0.05) is 24.0 Å². The molecule has 0 bridgehead atoms. The topological polar surface area (TPSA) is 91.0 Å². The Hall–Kier alpha value is -3.37. The van der Waals surface area contributed by atoms with Crippen LogP contribution in [0.4, 0.5) is 23.2 Å². The largest absolute Gasteiger partial charge is 0.432 e. The first-order valence-electron chi connectivity index (χ1n) is 9.09. The van der Waals surface area contributed by atoms with Crippen molar-refractivity contribution in [3.8, 4) is 11.3 Å². The van der Waals surface area contributed by atoms with Gasteiger partial charge < -0.3 is 20.6 Å². The zero-order valence-corrected chi connectivity index (χ0v) is 18.2. The molecule has 33 heavy (non-hydrogen) atoms. The van der Waals surface area contributed by atoms with E-state index in [4.69, 9.17) is 33.1 Å². The van der Waals surface area contributed by atoms with Gasteiger partial charge >= 0.3 is 6.18 Å². The van der Waals surface area contributed by atoms with Crippen molar-refractivity contribution >= 4 is 46.6 Å². The summed E-state index contributed by atoms with van der Waals surface area (Å²) in [6.07, 6.45) is -4.67. The summed E-state index contributed by atoms with van der Waals surface area (Å²) in [5.41, 5.74) is -3.60. The second-order valence-corrected chi connectivity index (χ2v) is 7.32. The van der Waals surface area contributed by atoms with Gasteiger partial charge in [-0.1, -0.05) is 40.5 Å². The van der Waals surface area contributed by atoms with Crippen molar-refractivity contribution in [2.45, 2.75) is 6.18 Å². The minimum atomic E-state index is -5.02. The van der Waals surface area contributed by atoms with Gasteiger partial charge in [0.05, 0.1) is 16.2 Å². The number of anilines is 1. The van der Waals surface area contributed by atoms with Crippen molar-refractivity contribution in [2.24, 2.45) is 0 Å². The van der Waals surface area contributed by atoms with Crippen molar-refractivity contribution in [1.82, 2.24) is 10.5 Å². The number of rotatable bonds is 6. The summed E-state index contributed by atoms with van der Waals surface area (Å²) in [4.78, 5) is 12.6. The maximum atomic E-state index is 14.5. The molecule has 0 aliphatic rings. The van der Waals surface area contributed by atoms with E-state index < -0.39 is 46.2 Å². The third-order valence-electron chi connectivity index (χ3n) is 4.38. The molecule has 6 nitrogen and oxygen atoms in total. The van der Waals surface area contributed by atoms with Gasteiger partial charge in [0.25, 0.3) is 5.91 Å². The first kappa shape index (κ1) is 24.3. The molecule has 0 aliphatic heterocycles. The molecule has 3 aromatic rings. The number of hydrogen-bond acceptors (Lipinski definition) is 5. The Morgan fingerprint density at radius 3 is 2.45 bits per heavy atom. The number of halogens is 6. The summed E-state index contributed by atoms with van der Waals surface area (Å²) >= 11 is 11.9. The summed E-state index contributed by atoms with van der Waals surface area (Å²) in [5, 5.41) is 15.7. The molecule has 0 saturated carbocycles. The summed E-state index contributed by atoms with van der Waals surface area (Å²) in [7, 11) is 1.22. The monoisotopic (exact) mass is 500 g/mol. The maximum Gasteiger partial charge on any atom is 0.432 e. The fourth-order valence-electron chi connectivity index (χ4n) is 2.96. The molecule has 3 N–H and O–H groups in total.